The summed E-state index contributed by atoms with van der Waals surface area (Å²) in [5, 5.41) is 0. The van der Waals surface area contributed by atoms with E-state index < -0.39 is 11.4 Å². The van der Waals surface area contributed by atoms with Crippen LogP contribution in [0.3, 0.4) is 0 Å². The molecule has 0 aliphatic heterocycles. The maximum absolute atomic E-state index is 12.2. The van der Waals surface area contributed by atoms with Gasteiger partial charge in [-0.3, -0.25) is 4.79 Å². The zero-order valence-electron chi connectivity index (χ0n) is 8.22. The summed E-state index contributed by atoms with van der Waals surface area (Å²) in [6.45, 7) is -1.52. The van der Waals surface area contributed by atoms with Gasteiger partial charge in [0.1, 0.15) is 16.4 Å². The van der Waals surface area contributed by atoms with Gasteiger partial charge >= 0.3 is 6.61 Å². The summed E-state index contributed by atoms with van der Waals surface area (Å²) in [4.78, 5) is 10.6. The summed E-state index contributed by atoms with van der Waals surface area (Å²) in [5.41, 5.74) is 0.416. The number of hydrogen-bond acceptors (Lipinski definition) is 2. The van der Waals surface area contributed by atoms with E-state index in [1.54, 1.807) is 18.2 Å². The highest BCUT2D eigenvalue weighted by molar-refractivity contribution is 14.1. The lowest BCUT2D eigenvalue weighted by Crippen LogP contribution is -2.09. The zero-order valence-corrected chi connectivity index (χ0v) is 12.0. The van der Waals surface area contributed by atoms with Crippen LogP contribution < -0.4 is 4.74 Å². The largest absolute Gasteiger partial charge is 0.433 e. The highest BCUT2D eigenvalue weighted by Gasteiger charge is 2.21. The Morgan fingerprint density at radius 3 is 2.62 bits per heavy atom. The molecule has 0 spiro atoms. The molecular formula is C10H8BrF2IO2. The first-order chi connectivity index (χ1) is 7.43. The van der Waals surface area contributed by atoms with Crippen molar-refractivity contribution in [2.45, 2.75) is 18.4 Å². The molecule has 88 valence electrons. The van der Waals surface area contributed by atoms with Crippen LogP contribution in [-0.4, -0.2) is 12.4 Å². The number of carbonyl (C=O) groups excluding carboxylic acids is 1. The van der Waals surface area contributed by atoms with Gasteiger partial charge in [-0.05, 0) is 35.6 Å². The number of para-hydroxylation sites is 1. The van der Waals surface area contributed by atoms with Gasteiger partial charge in [-0.1, -0.05) is 28.1 Å². The van der Waals surface area contributed by atoms with E-state index in [9.17, 15) is 13.6 Å². The normalized spacial score (nSPS) is 12.6. The molecule has 0 aliphatic rings. The Morgan fingerprint density at radius 1 is 1.50 bits per heavy atom. The lowest BCUT2D eigenvalue weighted by molar-refractivity contribution is -0.116. The summed E-state index contributed by atoms with van der Waals surface area (Å²) in [6, 6.07) is 4.91. The number of ether oxygens (including phenoxy) is 1. The van der Waals surface area contributed by atoms with E-state index in [1.165, 1.54) is 6.92 Å². The van der Waals surface area contributed by atoms with Crippen molar-refractivity contribution >= 4 is 44.3 Å². The molecule has 0 aromatic heterocycles. The first kappa shape index (κ1) is 13.8. The maximum Gasteiger partial charge on any atom is 0.387 e. The molecule has 1 atom stereocenters. The third kappa shape index (κ3) is 3.38. The van der Waals surface area contributed by atoms with Gasteiger partial charge in [0, 0.05) is 5.56 Å². The van der Waals surface area contributed by atoms with Gasteiger partial charge in [0.15, 0.2) is 0 Å². The molecule has 0 N–H and O–H groups in total. The smallest absolute Gasteiger partial charge is 0.387 e. The molecule has 2 nitrogen and oxygen atoms in total. The minimum Gasteiger partial charge on any atom is -0.433 e. The molecule has 1 rings (SSSR count). The van der Waals surface area contributed by atoms with Crippen molar-refractivity contribution in [3.63, 3.8) is 0 Å². The maximum atomic E-state index is 12.2. The number of ketones is 1. The third-order valence-electron chi connectivity index (χ3n) is 1.83. The Morgan fingerprint density at radius 2 is 2.12 bits per heavy atom. The van der Waals surface area contributed by atoms with E-state index in [2.05, 4.69) is 20.7 Å². The van der Waals surface area contributed by atoms with Crippen LogP contribution in [0.4, 0.5) is 8.78 Å². The number of hydrogen-bond donors (Lipinski definition) is 0. The van der Waals surface area contributed by atoms with Crippen LogP contribution in [0.1, 0.15) is 17.3 Å². The fraction of sp³-hybridized carbons (Fsp3) is 0.300. The average Bonchev–Trinajstić information content (AvgIpc) is 2.19. The van der Waals surface area contributed by atoms with E-state index in [4.69, 9.17) is 0 Å². The lowest BCUT2D eigenvalue weighted by Gasteiger charge is -2.14. The quantitative estimate of drug-likeness (QED) is 0.561. The molecule has 1 unspecified atom stereocenters. The van der Waals surface area contributed by atoms with Crippen LogP contribution in [0, 0.1) is 3.57 Å². The van der Waals surface area contributed by atoms with Crippen LogP contribution >= 0.6 is 38.5 Å². The van der Waals surface area contributed by atoms with Gasteiger partial charge < -0.3 is 4.74 Å². The fourth-order valence-corrected chi connectivity index (χ4v) is 2.16. The second-order valence-electron chi connectivity index (χ2n) is 3.01. The number of rotatable bonds is 4. The molecule has 0 heterocycles. The predicted octanol–water partition coefficient (Wildman–Crippen LogP) is 3.92. The van der Waals surface area contributed by atoms with Gasteiger partial charge in [-0.25, -0.2) is 0 Å². The van der Waals surface area contributed by atoms with Crippen molar-refractivity contribution in [2.24, 2.45) is 0 Å². The van der Waals surface area contributed by atoms with Crippen molar-refractivity contribution in [1.29, 1.82) is 0 Å². The second-order valence-corrected chi connectivity index (χ2v) is 5.09. The Bertz CT molecular complexity index is 398. The molecule has 0 amide bonds. The van der Waals surface area contributed by atoms with E-state index in [0.717, 1.165) is 0 Å². The first-order valence-corrected chi connectivity index (χ1v) is 6.30. The minimum atomic E-state index is -2.90. The molecule has 0 bridgehead atoms. The summed E-state index contributed by atoms with van der Waals surface area (Å²) in [5.74, 6) is -0.115. The highest BCUT2D eigenvalue weighted by atomic mass is 127. The van der Waals surface area contributed by atoms with Crippen LogP contribution in [0.2, 0.25) is 0 Å². The van der Waals surface area contributed by atoms with Crippen molar-refractivity contribution in [3.8, 4) is 5.75 Å². The van der Waals surface area contributed by atoms with Crippen molar-refractivity contribution < 1.29 is 18.3 Å². The molecule has 0 radical (unpaired) electrons. The Labute approximate surface area is 114 Å². The second kappa shape index (κ2) is 5.90. The topological polar surface area (TPSA) is 26.3 Å². The van der Waals surface area contributed by atoms with Gasteiger partial charge in [0.2, 0.25) is 0 Å². The molecule has 0 saturated heterocycles. The third-order valence-corrected chi connectivity index (χ3v) is 3.82. The first-order valence-electron chi connectivity index (χ1n) is 4.31. The van der Waals surface area contributed by atoms with E-state index in [-0.39, 0.29) is 11.5 Å². The number of Topliss-reactive ketones (excluding diaryl/α,β-unsaturated/α-hetero) is 1. The molecular weight excluding hydrogens is 397 g/mol. The Kier molecular flexibility index (Phi) is 5.10. The van der Waals surface area contributed by atoms with E-state index in [0.29, 0.717) is 9.13 Å². The Balaban J connectivity index is 3.17. The van der Waals surface area contributed by atoms with Crippen LogP contribution in [0.5, 0.6) is 5.75 Å². The van der Waals surface area contributed by atoms with Gasteiger partial charge in [0.05, 0.1) is 3.57 Å². The van der Waals surface area contributed by atoms with Crippen LogP contribution in [0.25, 0.3) is 0 Å². The average molecular weight is 405 g/mol. The molecule has 1 aromatic carbocycles. The van der Waals surface area contributed by atoms with Crippen molar-refractivity contribution in [3.05, 3.63) is 27.3 Å². The number of benzene rings is 1. The summed E-state index contributed by atoms with van der Waals surface area (Å²) >= 11 is 5.03. The zero-order chi connectivity index (χ0) is 12.3. The fourth-order valence-electron chi connectivity index (χ4n) is 1.16. The van der Waals surface area contributed by atoms with Crippen molar-refractivity contribution in [1.82, 2.24) is 0 Å². The standard InChI is InChI=1S/C10H8BrF2IO2/c1-5(15)8(11)6-3-2-4-7(14)9(6)16-10(12)13/h2-4,8,10H,1H3. The molecule has 0 fully saturated rings. The van der Waals surface area contributed by atoms with Gasteiger partial charge in [-0.2, -0.15) is 8.78 Å². The van der Waals surface area contributed by atoms with E-state index >= 15 is 0 Å². The molecule has 1 aromatic rings. The summed E-state index contributed by atoms with van der Waals surface area (Å²) in [7, 11) is 0. The molecule has 0 saturated carbocycles. The highest BCUT2D eigenvalue weighted by Crippen LogP contribution is 2.36. The van der Waals surface area contributed by atoms with E-state index in [1.807, 2.05) is 22.6 Å². The van der Waals surface area contributed by atoms with Crippen molar-refractivity contribution in [2.75, 3.05) is 0 Å². The monoisotopic (exact) mass is 404 g/mol. The summed E-state index contributed by atoms with van der Waals surface area (Å²) in [6.07, 6.45) is 0. The number of alkyl halides is 3. The predicted molar refractivity (Wildman–Crippen MR) is 68.1 cm³/mol. The Hall–Kier alpha value is -0.240. The van der Waals surface area contributed by atoms with Crippen LogP contribution in [0.15, 0.2) is 18.2 Å². The number of halogens is 4. The van der Waals surface area contributed by atoms with Gasteiger partial charge in [0.25, 0.3) is 0 Å². The summed E-state index contributed by atoms with van der Waals surface area (Å²) < 4.78 is 29.4. The molecule has 6 heteroatoms. The molecule has 16 heavy (non-hydrogen) atoms. The number of carbonyl (C=O) groups is 1. The molecule has 0 aliphatic carbocycles. The minimum absolute atomic E-state index is 0.0511. The van der Waals surface area contributed by atoms with Crippen LogP contribution in [-0.2, 0) is 4.79 Å². The SMILES string of the molecule is CC(=O)C(Br)c1cccc(I)c1OC(F)F. The lowest BCUT2D eigenvalue weighted by atomic mass is 10.1. The van der Waals surface area contributed by atoms with Gasteiger partial charge in [-0.15, -0.1) is 0 Å².